The van der Waals surface area contributed by atoms with Crippen molar-refractivity contribution in [1.82, 2.24) is 5.32 Å². The van der Waals surface area contributed by atoms with Crippen molar-refractivity contribution in [2.24, 2.45) is 0 Å². The SMILES string of the molecule is COc1cc(CNC(=O)Nc2ccc3c(c2)Cc2ccccc2-3)cc(OC)c1OC. The molecule has 30 heavy (non-hydrogen) atoms. The monoisotopic (exact) mass is 404 g/mol. The van der Waals surface area contributed by atoms with Crippen LogP contribution in [0.5, 0.6) is 17.2 Å². The van der Waals surface area contributed by atoms with Crippen LogP contribution in [0.1, 0.15) is 16.7 Å². The molecule has 0 unspecified atom stereocenters. The van der Waals surface area contributed by atoms with Crippen molar-refractivity contribution < 1.29 is 19.0 Å². The molecule has 0 fully saturated rings. The Morgan fingerprint density at radius 3 is 2.27 bits per heavy atom. The van der Waals surface area contributed by atoms with E-state index in [-0.39, 0.29) is 6.03 Å². The number of carbonyl (C=O) groups is 1. The minimum atomic E-state index is -0.279. The largest absolute Gasteiger partial charge is 0.493 e. The molecular weight excluding hydrogens is 380 g/mol. The topological polar surface area (TPSA) is 68.8 Å². The summed E-state index contributed by atoms with van der Waals surface area (Å²) in [6, 6.07) is 17.8. The number of rotatable bonds is 6. The second-order valence-corrected chi connectivity index (χ2v) is 7.05. The summed E-state index contributed by atoms with van der Waals surface area (Å²) in [6.07, 6.45) is 0.883. The molecule has 3 aromatic carbocycles. The van der Waals surface area contributed by atoms with E-state index in [1.165, 1.54) is 22.3 Å². The summed E-state index contributed by atoms with van der Waals surface area (Å²) in [5.41, 5.74) is 6.64. The van der Waals surface area contributed by atoms with E-state index in [2.05, 4.69) is 41.0 Å². The molecule has 1 aliphatic carbocycles. The zero-order valence-corrected chi connectivity index (χ0v) is 17.2. The van der Waals surface area contributed by atoms with Crippen molar-refractivity contribution in [3.63, 3.8) is 0 Å². The van der Waals surface area contributed by atoms with E-state index < -0.39 is 0 Å². The Kier molecular flexibility index (Phi) is 5.48. The predicted octanol–water partition coefficient (Wildman–Crippen LogP) is 4.61. The van der Waals surface area contributed by atoms with Crippen molar-refractivity contribution in [2.75, 3.05) is 26.6 Å². The fourth-order valence-electron chi connectivity index (χ4n) is 3.82. The van der Waals surface area contributed by atoms with Crippen LogP contribution in [0.4, 0.5) is 10.5 Å². The minimum Gasteiger partial charge on any atom is -0.493 e. The van der Waals surface area contributed by atoms with Crippen molar-refractivity contribution >= 4 is 11.7 Å². The average Bonchev–Trinajstić information content (AvgIpc) is 3.14. The van der Waals surface area contributed by atoms with Gasteiger partial charge in [-0.3, -0.25) is 0 Å². The lowest BCUT2D eigenvalue weighted by Gasteiger charge is -2.15. The molecule has 6 heteroatoms. The Balaban J connectivity index is 1.42. The van der Waals surface area contributed by atoms with Crippen LogP contribution in [0.3, 0.4) is 0 Å². The van der Waals surface area contributed by atoms with Crippen LogP contribution in [-0.2, 0) is 13.0 Å². The van der Waals surface area contributed by atoms with Gasteiger partial charge in [-0.15, -0.1) is 0 Å². The first-order valence-electron chi connectivity index (χ1n) is 9.68. The Hall–Kier alpha value is -3.67. The molecule has 0 saturated heterocycles. The number of anilines is 1. The van der Waals surface area contributed by atoms with Crippen molar-refractivity contribution in [2.45, 2.75) is 13.0 Å². The van der Waals surface area contributed by atoms with Crippen molar-refractivity contribution in [3.8, 4) is 28.4 Å². The molecule has 0 aliphatic heterocycles. The zero-order valence-electron chi connectivity index (χ0n) is 17.2. The fourth-order valence-corrected chi connectivity index (χ4v) is 3.82. The number of nitrogens with one attached hydrogen (secondary N) is 2. The Morgan fingerprint density at radius 1 is 0.867 bits per heavy atom. The number of carbonyl (C=O) groups excluding carboxylic acids is 1. The molecule has 0 aromatic heterocycles. The molecule has 0 radical (unpaired) electrons. The number of ether oxygens (including phenoxy) is 3. The molecule has 0 atom stereocenters. The van der Waals surface area contributed by atoms with Gasteiger partial charge in [0.15, 0.2) is 11.5 Å². The number of methoxy groups -OCH3 is 3. The van der Waals surface area contributed by atoms with E-state index >= 15 is 0 Å². The third-order valence-electron chi connectivity index (χ3n) is 5.23. The first kappa shape index (κ1) is 19.6. The van der Waals surface area contributed by atoms with Gasteiger partial charge in [-0.2, -0.15) is 0 Å². The Labute approximate surface area is 175 Å². The molecule has 1 aliphatic rings. The van der Waals surface area contributed by atoms with Gasteiger partial charge in [0.1, 0.15) is 0 Å². The lowest BCUT2D eigenvalue weighted by molar-refractivity contribution is 0.251. The van der Waals surface area contributed by atoms with Crippen LogP contribution in [0, 0.1) is 0 Å². The highest BCUT2D eigenvalue weighted by Crippen LogP contribution is 2.39. The van der Waals surface area contributed by atoms with Gasteiger partial charge >= 0.3 is 6.03 Å². The van der Waals surface area contributed by atoms with Crippen molar-refractivity contribution in [3.05, 3.63) is 71.3 Å². The van der Waals surface area contributed by atoms with Gasteiger partial charge in [0.2, 0.25) is 5.75 Å². The number of fused-ring (bicyclic) bond motifs is 3. The van der Waals surface area contributed by atoms with Crippen LogP contribution >= 0.6 is 0 Å². The molecule has 154 valence electrons. The van der Waals surface area contributed by atoms with Gasteiger partial charge in [-0.25, -0.2) is 4.79 Å². The molecule has 2 N–H and O–H groups in total. The van der Waals surface area contributed by atoms with Crippen LogP contribution < -0.4 is 24.8 Å². The number of hydrogen-bond donors (Lipinski definition) is 2. The average molecular weight is 404 g/mol. The van der Waals surface area contributed by atoms with E-state index in [0.717, 1.165) is 17.7 Å². The quantitative estimate of drug-likeness (QED) is 0.493. The summed E-state index contributed by atoms with van der Waals surface area (Å²) in [4.78, 5) is 12.4. The fraction of sp³-hybridized carbons (Fsp3) is 0.208. The maximum Gasteiger partial charge on any atom is 0.319 e. The standard InChI is InChI=1S/C24H24N2O4/c1-28-21-10-15(11-22(29-2)23(21)30-3)14-25-24(27)26-18-8-9-20-17(13-18)12-16-6-4-5-7-19(16)20/h4-11,13H,12,14H2,1-3H3,(H2,25,26,27). The third kappa shape index (κ3) is 3.76. The molecule has 4 rings (SSSR count). The summed E-state index contributed by atoms with van der Waals surface area (Å²) in [6.45, 7) is 0.318. The summed E-state index contributed by atoms with van der Waals surface area (Å²) < 4.78 is 16.0. The van der Waals surface area contributed by atoms with Gasteiger partial charge in [0, 0.05) is 12.2 Å². The van der Waals surface area contributed by atoms with Crippen molar-refractivity contribution in [1.29, 1.82) is 0 Å². The normalized spacial score (nSPS) is 11.3. The molecule has 2 amide bonds. The number of urea groups is 1. The number of amides is 2. The summed E-state index contributed by atoms with van der Waals surface area (Å²) in [5, 5.41) is 5.78. The Morgan fingerprint density at radius 2 is 1.57 bits per heavy atom. The lowest BCUT2D eigenvalue weighted by Crippen LogP contribution is -2.28. The highest BCUT2D eigenvalue weighted by atomic mass is 16.5. The van der Waals surface area contributed by atoms with Gasteiger partial charge < -0.3 is 24.8 Å². The summed E-state index contributed by atoms with van der Waals surface area (Å²) in [5.74, 6) is 1.62. The molecule has 0 spiro atoms. The van der Waals surface area contributed by atoms with Crippen LogP contribution in [0.15, 0.2) is 54.6 Å². The third-order valence-corrected chi connectivity index (χ3v) is 5.23. The maximum atomic E-state index is 12.4. The van der Waals surface area contributed by atoms with Crippen LogP contribution in [0.2, 0.25) is 0 Å². The molecule has 0 saturated carbocycles. The highest BCUT2D eigenvalue weighted by molar-refractivity contribution is 5.90. The van der Waals surface area contributed by atoms with Crippen LogP contribution in [-0.4, -0.2) is 27.4 Å². The number of benzene rings is 3. The first-order chi connectivity index (χ1) is 14.6. The smallest absolute Gasteiger partial charge is 0.319 e. The van der Waals surface area contributed by atoms with Gasteiger partial charge in [0.05, 0.1) is 21.3 Å². The predicted molar refractivity (Wildman–Crippen MR) is 117 cm³/mol. The molecule has 0 heterocycles. The second kappa shape index (κ2) is 8.37. The van der Waals surface area contributed by atoms with E-state index in [0.29, 0.717) is 23.8 Å². The van der Waals surface area contributed by atoms with E-state index in [9.17, 15) is 4.79 Å². The molecular formula is C24H24N2O4. The first-order valence-corrected chi connectivity index (χ1v) is 9.68. The van der Waals surface area contributed by atoms with Gasteiger partial charge in [0.25, 0.3) is 0 Å². The van der Waals surface area contributed by atoms with E-state index in [4.69, 9.17) is 14.2 Å². The molecule has 6 nitrogen and oxygen atoms in total. The van der Waals surface area contributed by atoms with Crippen LogP contribution in [0.25, 0.3) is 11.1 Å². The van der Waals surface area contributed by atoms with E-state index in [1.54, 1.807) is 21.3 Å². The summed E-state index contributed by atoms with van der Waals surface area (Å²) >= 11 is 0. The highest BCUT2D eigenvalue weighted by Gasteiger charge is 2.18. The molecule has 3 aromatic rings. The zero-order chi connectivity index (χ0) is 21.1. The second-order valence-electron chi connectivity index (χ2n) is 7.05. The minimum absolute atomic E-state index is 0.279. The number of hydrogen-bond acceptors (Lipinski definition) is 4. The van der Waals surface area contributed by atoms with E-state index in [1.807, 2.05) is 24.3 Å². The maximum absolute atomic E-state index is 12.4. The lowest BCUT2D eigenvalue weighted by atomic mass is 10.1. The van der Waals surface area contributed by atoms with Gasteiger partial charge in [-0.1, -0.05) is 30.3 Å². The molecule has 0 bridgehead atoms. The van der Waals surface area contributed by atoms with Gasteiger partial charge in [-0.05, 0) is 58.5 Å². The summed E-state index contributed by atoms with van der Waals surface area (Å²) in [7, 11) is 4.68. The Bertz CT molecular complexity index is 1070.